The van der Waals surface area contributed by atoms with Crippen LogP contribution in [-0.4, -0.2) is 0 Å². The standard InChI is InChI=1S/C24H32/c1-2-3-4-5-6-7-8-9-10-11-14-21-19-22-17-12-15-20-16-13-18-23(21)24(20)22/h12-13,15-19H,2-11,14H2,1H3. The largest absolute Gasteiger partial charge is 0.0654 e. The highest BCUT2D eigenvalue weighted by atomic mass is 14.2. The predicted molar refractivity (Wildman–Crippen MR) is 108 cm³/mol. The lowest BCUT2D eigenvalue weighted by atomic mass is 9.98. The lowest BCUT2D eigenvalue weighted by Crippen LogP contribution is -1.85. The molecular weight excluding hydrogens is 288 g/mol. The van der Waals surface area contributed by atoms with E-state index in [0.717, 1.165) is 0 Å². The summed E-state index contributed by atoms with van der Waals surface area (Å²) in [6.07, 6.45) is 17.8. The van der Waals surface area contributed by atoms with Gasteiger partial charge in [0.25, 0.3) is 0 Å². The first kappa shape index (κ1) is 17.3. The van der Waals surface area contributed by atoms with Crippen LogP contribution < -0.4 is 0 Å². The van der Waals surface area contributed by atoms with Gasteiger partial charge in [0.1, 0.15) is 0 Å². The molecule has 1 aliphatic rings. The molecule has 0 bridgehead atoms. The van der Waals surface area contributed by atoms with Gasteiger partial charge in [0, 0.05) is 0 Å². The number of allylic oxidation sites excluding steroid dienone is 1. The Bertz CT molecular complexity index is 672. The molecule has 0 saturated carbocycles. The molecule has 0 spiro atoms. The van der Waals surface area contributed by atoms with Crippen LogP contribution in [0.1, 0.15) is 88.7 Å². The molecule has 0 unspecified atom stereocenters. The molecule has 2 aromatic carbocycles. The van der Waals surface area contributed by atoms with Crippen LogP contribution in [0.15, 0.2) is 36.4 Å². The molecule has 0 N–H and O–H groups in total. The van der Waals surface area contributed by atoms with Gasteiger partial charge in [-0.15, -0.1) is 0 Å². The third kappa shape index (κ3) is 4.29. The van der Waals surface area contributed by atoms with E-state index in [1.807, 2.05) is 0 Å². The lowest BCUT2D eigenvalue weighted by Gasteiger charge is -2.06. The van der Waals surface area contributed by atoms with Crippen molar-refractivity contribution in [2.75, 3.05) is 0 Å². The minimum atomic E-state index is 1.24. The lowest BCUT2D eigenvalue weighted by molar-refractivity contribution is 0.558. The summed E-state index contributed by atoms with van der Waals surface area (Å²) in [5.74, 6) is 0. The zero-order valence-corrected chi connectivity index (χ0v) is 15.3. The van der Waals surface area contributed by atoms with Crippen LogP contribution in [0.2, 0.25) is 0 Å². The number of rotatable bonds is 11. The highest BCUT2D eigenvalue weighted by Crippen LogP contribution is 2.38. The molecule has 0 aliphatic heterocycles. The van der Waals surface area contributed by atoms with Crippen molar-refractivity contribution in [3.63, 3.8) is 0 Å². The molecule has 24 heavy (non-hydrogen) atoms. The molecule has 128 valence electrons. The molecule has 0 nitrogen and oxygen atoms in total. The van der Waals surface area contributed by atoms with Gasteiger partial charge < -0.3 is 0 Å². The minimum absolute atomic E-state index is 1.24. The summed E-state index contributed by atoms with van der Waals surface area (Å²) in [7, 11) is 0. The molecule has 2 aromatic rings. The van der Waals surface area contributed by atoms with Gasteiger partial charge in [-0.3, -0.25) is 0 Å². The zero-order chi connectivity index (χ0) is 16.6. The quantitative estimate of drug-likeness (QED) is 0.368. The summed E-state index contributed by atoms with van der Waals surface area (Å²) >= 11 is 0. The maximum absolute atomic E-state index is 2.42. The third-order valence-electron chi connectivity index (χ3n) is 5.41. The highest BCUT2D eigenvalue weighted by Gasteiger charge is 2.15. The van der Waals surface area contributed by atoms with Gasteiger partial charge in [-0.25, -0.2) is 0 Å². The fourth-order valence-electron chi connectivity index (χ4n) is 4.03. The Kier molecular flexibility index (Phi) is 6.52. The third-order valence-corrected chi connectivity index (χ3v) is 5.41. The Morgan fingerprint density at radius 1 is 0.667 bits per heavy atom. The van der Waals surface area contributed by atoms with Gasteiger partial charge in [-0.05, 0) is 40.3 Å². The monoisotopic (exact) mass is 320 g/mol. The minimum Gasteiger partial charge on any atom is -0.0654 e. The first-order chi connectivity index (χ1) is 11.9. The van der Waals surface area contributed by atoms with Crippen LogP contribution in [0.5, 0.6) is 0 Å². The van der Waals surface area contributed by atoms with Crippen LogP contribution in [0, 0.1) is 0 Å². The zero-order valence-electron chi connectivity index (χ0n) is 15.3. The van der Waals surface area contributed by atoms with Gasteiger partial charge >= 0.3 is 0 Å². The topological polar surface area (TPSA) is 0 Å². The molecule has 0 saturated heterocycles. The Morgan fingerprint density at radius 2 is 1.29 bits per heavy atom. The molecule has 0 amide bonds. The second-order valence-corrected chi connectivity index (χ2v) is 7.35. The van der Waals surface area contributed by atoms with Crippen molar-refractivity contribution >= 4 is 22.4 Å². The van der Waals surface area contributed by atoms with Gasteiger partial charge in [0.05, 0.1) is 0 Å². The molecule has 0 radical (unpaired) electrons. The maximum atomic E-state index is 2.42. The van der Waals surface area contributed by atoms with Crippen LogP contribution in [-0.2, 0) is 0 Å². The van der Waals surface area contributed by atoms with Gasteiger partial charge in [0.2, 0.25) is 0 Å². The smallest absolute Gasteiger partial charge is 0.00360 e. The number of unbranched alkanes of at least 4 members (excludes halogenated alkanes) is 9. The molecule has 0 heterocycles. The van der Waals surface area contributed by atoms with E-state index in [4.69, 9.17) is 0 Å². The van der Waals surface area contributed by atoms with E-state index in [2.05, 4.69) is 49.4 Å². The van der Waals surface area contributed by atoms with E-state index in [9.17, 15) is 0 Å². The van der Waals surface area contributed by atoms with E-state index in [1.165, 1.54) is 92.5 Å². The van der Waals surface area contributed by atoms with Crippen molar-refractivity contribution < 1.29 is 0 Å². The van der Waals surface area contributed by atoms with E-state index in [0.29, 0.717) is 0 Å². The Labute approximate surface area is 148 Å². The second-order valence-electron chi connectivity index (χ2n) is 7.35. The summed E-state index contributed by atoms with van der Waals surface area (Å²) in [5, 5.41) is 2.86. The average molecular weight is 321 g/mol. The highest BCUT2D eigenvalue weighted by molar-refractivity contribution is 6.09. The van der Waals surface area contributed by atoms with Gasteiger partial charge in [-0.1, -0.05) is 107 Å². The molecule has 1 aliphatic carbocycles. The second kappa shape index (κ2) is 9.06. The summed E-state index contributed by atoms with van der Waals surface area (Å²) < 4.78 is 0. The summed E-state index contributed by atoms with van der Waals surface area (Å²) in [6.45, 7) is 2.29. The van der Waals surface area contributed by atoms with Crippen LogP contribution in [0.3, 0.4) is 0 Å². The molecular formula is C24H32. The van der Waals surface area contributed by atoms with Crippen molar-refractivity contribution in [1.29, 1.82) is 0 Å². The molecule has 0 heteroatoms. The fraction of sp³-hybridized carbons (Fsp3) is 0.500. The summed E-state index contributed by atoms with van der Waals surface area (Å²) in [5.41, 5.74) is 4.46. The Hall–Kier alpha value is -1.56. The molecule has 0 aromatic heterocycles. The van der Waals surface area contributed by atoms with E-state index >= 15 is 0 Å². The normalized spacial score (nSPS) is 12.8. The predicted octanol–water partition coefficient (Wildman–Crippen LogP) is 8.00. The first-order valence-electron chi connectivity index (χ1n) is 10.1. The van der Waals surface area contributed by atoms with Crippen molar-refractivity contribution in [3.8, 4) is 0 Å². The van der Waals surface area contributed by atoms with Gasteiger partial charge in [0.15, 0.2) is 0 Å². The van der Waals surface area contributed by atoms with Crippen molar-refractivity contribution in [3.05, 3.63) is 47.5 Å². The van der Waals surface area contributed by atoms with Gasteiger partial charge in [-0.2, -0.15) is 0 Å². The molecule has 3 rings (SSSR count). The summed E-state index contributed by atoms with van der Waals surface area (Å²) in [6, 6.07) is 13.4. The van der Waals surface area contributed by atoms with Crippen LogP contribution in [0.4, 0.5) is 0 Å². The van der Waals surface area contributed by atoms with Crippen molar-refractivity contribution in [2.24, 2.45) is 0 Å². The fourth-order valence-corrected chi connectivity index (χ4v) is 4.03. The maximum Gasteiger partial charge on any atom is -0.00360 e. The SMILES string of the molecule is CCCCCCCCCCCCC1=Cc2cccc3cccc1c23. The van der Waals surface area contributed by atoms with Crippen LogP contribution >= 0.6 is 0 Å². The van der Waals surface area contributed by atoms with Crippen molar-refractivity contribution in [1.82, 2.24) is 0 Å². The Morgan fingerprint density at radius 3 is 2.00 bits per heavy atom. The average Bonchev–Trinajstić information content (AvgIpc) is 2.97. The van der Waals surface area contributed by atoms with E-state index in [-0.39, 0.29) is 0 Å². The number of benzene rings is 2. The molecule has 0 fully saturated rings. The number of hydrogen-bond acceptors (Lipinski definition) is 0. The molecule has 0 atom stereocenters. The first-order valence-corrected chi connectivity index (χ1v) is 10.1. The van der Waals surface area contributed by atoms with Crippen LogP contribution in [0.25, 0.3) is 22.4 Å². The Balaban J connectivity index is 1.36. The van der Waals surface area contributed by atoms with E-state index < -0.39 is 0 Å². The van der Waals surface area contributed by atoms with Crippen molar-refractivity contribution in [2.45, 2.75) is 77.6 Å². The van der Waals surface area contributed by atoms with E-state index in [1.54, 1.807) is 5.57 Å². The number of hydrogen-bond donors (Lipinski definition) is 0. The summed E-state index contributed by atoms with van der Waals surface area (Å²) in [4.78, 5) is 0.